The molecule has 0 aromatic heterocycles. The van der Waals surface area contributed by atoms with Crippen LogP contribution in [0.1, 0.15) is 33.2 Å². The zero-order valence-electron chi connectivity index (χ0n) is 22.6. The molecule has 0 bridgehead atoms. The van der Waals surface area contributed by atoms with Crippen LogP contribution in [0.4, 0.5) is 50.9 Å². The van der Waals surface area contributed by atoms with E-state index in [1.807, 2.05) is 5.32 Å². The molecule has 0 aliphatic heterocycles. The van der Waals surface area contributed by atoms with Gasteiger partial charge in [0.25, 0.3) is 11.8 Å². The van der Waals surface area contributed by atoms with Crippen molar-refractivity contribution in [2.45, 2.75) is 31.6 Å². The van der Waals surface area contributed by atoms with Gasteiger partial charge in [-0.15, -0.1) is 0 Å². The molecule has 3 rings (SSSR count). The van der Waals surface area contributed by atoms with Gasteiger partial charge in [0.2, 0.25) is 0 Å². The summed E-state index contributed by atoms with van der Waals surface area (Å²) in [6.07, 6.45) is -13.2. The lowest BCUT2D eigenvalue weighted by Crippen LogP contribution is -2.50. The number of nitrogens with one attached hydrogen (secondary N) is 1. The van der Waals surface area contributed by atoms with Gasteiger partial charge in [-0.25, -0.2) is 4.39 Å². The van der Waals surface area contributed by atoms with Crippen molar-refractivity contribution in [3.8, 4) is 17.2 Å². The van der Waals surface area contributed by atoms with E-state index in [0.717, 1.165) is 24.1 Å². The number of phenols is 1. The third kappa shape index (κ3) is 6.96. The molecule has 0 heterocycles. The first-order valence-electron chi connectivity index (χ1n) is 12.2. The van der Waals surface area contributed by atoms with Crippen LogP contribution >= 0.6 is 23.2 Å². The Hall–Kier alpha value is -4.05. The molecule has 0 spiro atoms. The van der Waals surface area contributed by atoms with E-state index in [1.54, 1.807) is 6.92 Å². The average Bonchev–Trinajstić information content (AvgIpc) is 2.92. The van der Waals surface area contributed by atoms with E-state index in [1.165, 1.54) is 24.3 Å². The van der Waals surface area contributed by atoms with Gasteiger partial charge in [0.1, 0.15) is 11.4 Å². The molecule has 0 aliphatic rings. The minimum Gasteiger partial charge on any atom is -0.508 e. The number of carbonyl (C=O) groups is 2. The number of hydrogen-bond acceptors (Lipinski definition) is 5. The number of alkyl halides is 9. The Kier molecular flexibility index (Phi) is 10.3. The van der Waals surface area contributed by atoms with Crippen LogP contribution in [0.5, 0.6) is 17.2 Å². The third-order valence-corrected chi connectivity index (χ3v) is 6.78. The summed E-state index contributed by atoms with van der Waals surface area (Å²) >= 11 is 11.9. The van der Waals surface area contributed by atoms with Crippen molar-refractivity contribution in [3.05, 3.63) is 75.3 Å². The molecule has 244 valence electrons. The largest absolute Gasteiger partial charge is 0.508 e. The Labute approximate surface area is 258 Å². The number of amides is 2. The lowest BCUT2D eigenvalue weighted by Gasteiger charge is -2.31. The Balaban J connectivity index is 2.12. The zero-order valence-corrected chi connectivity index (χ0v) is 24.1. The first-order valence-corrected chi connectivity index (χ1v) is 12.9. The Morgan fingerprint density at radius 2 is 1.56 bits per heavy atom. The standard InChI is InChI=1S/C27H19Cl2F9N2O5/c1-3-40(23(43)14-8-7-13(41)11-16(14)28)18-6-4-5-15(21(18)44-2)22(42)39-20-17(29)9-12(10-19(20)45-24(30)31)25(32,26(33,34)35)27(36,37)38/h4-11,24,41H,3H2,1-2H3,(H,39,42). The van der Waals surface area contributed by atoms with Gasteiger partial charge in [-0.05, 0) is 49.4 Å². The maximum atomic E-state index is 14.7. The lowest BCUT2D eigenvalue weighted by atomic mass is 9.93. The minimum atomic E-state index is -6.61. The number of anilines is 2. The van der Waals surface area contributed by atoms with Crippen molar-refractivity contribution in [1.29, 1.82) is 0 Å². The molecule has 0 unspecified atom stereocenters. The fourth-order valence-electron chi connectivity index (χ4n) is 4.14. The van der Waals surface area contributed by atoms with Crippen molar-refractivity contribution >= 4 is 46.4 Å². The fraction of sp³-hybridized carbons (Fsp3) is 0.259. The van der Waals surface area contributed by atoms with Gasteiger partial charge in [0.05, 0.1) is 34.0 Å². The van der Waals surface area contributed by atoms with Crippen LogP contribution < -0.4 is 19.7 Å². The van der Waals surface area contributed by atoms with E-state index in [-0.39, 0.29) is 46.4 Å². The van der Waals surface area contributed by atoms with Gasteiger partial charge in [-0.2, -0.15) is 35.1 Å². The maximum absolute atomic E-state index is 14.7. The Morgan fingerprint density at radius 3 is 2.07 bits per heavy atom. The van der Waals surface area contributed by atoms with Crippen LogP contribution in [0.2, 0.25) is 10.0 Å². The molecule has 45 heavy (non-hydrogen) atoms. The van der Waals surface area contributed by atoms with Crippen LogP contribution in [0.3, 0.4) is 0 Å². The molecule has 7 nitrogen and oxygen atoms in total. The molecule has 0 saturated carbocycles. The summed E-state index contributed by atoms with van der Waals surface area (Å²) in [6.45, 7) is -2.37. The van der Waals surface area contributed by atoms with Crippen molar-refractivity contribution in [3.63, 3.8) is 0 Å². The second kappa shape index (κ2) is 13.1. The number of carbonyl (C=O) groups excluding carboxylic acids is 2. The van der Waals surface area contributed by atoms with E-state index in [0.29, 0.717) is 0 Å². The highest BCUT2D eigenvalue weighted by Crippen LogP contribution is 2.55. The monoisotopic (exact) mass is 692 g/mol. The molecular weight excluding hydrogens is 674 g/mol. The summed E-state index contributed by atoms with van der Waals surface area (Å²) in [7, 11) is 1.09. The molecule has 2 amide bonds. The molecule has 3 aromatic carbocycles. The number of methoxy groups -OCH3 is 1. The van der Waals surface area contributed by atoms with Crippen molar-refractivity contribution in [2.75, 3.05) is 23.9 Å². The number of aromatic hydroxyl groups is 1. The van der Waals surface area contributed by atoms with Crippen molar-refractivity contribution in [2.24, 2.45) is 0 Å². The molecule has 0 radical (unpaired) electrons. The molecule has 0 aliphatic carbocycles. The molecule has 18 heteroatoms. The highest BCUT2D eigenvalue weighted by molar-refractivity contribution is 6.35. The number of benzene rings is 3. The molecule has 0 saturated heterocycles. The third-order valence-electron chi connectivity index (χ3n) is 6.17. The van der Waals surface area contributed by atoms with Crippen LogP contribution in [-0.2, 0) is 5.67 Å². The first kappa shape index (κ1) is 35.4. The molecule has 3 aromatic rings. The summed E-state index contributed by atoms with van der Waals surface area (Å²) in [5.74, 6) is -4.05. The van der Waals surface area contributed by atoms with Gasteiger partial charge in [-0.3, -0.25) is 9.59 Å². The molecular formula is C27H19Cl2F9N2O5. The van der Waals surface area contributed by atoms with E-state index >= 15 is 0 Å². The highest BCUT2D eigenvalue weighted by Gasteiger charge is 2.73. The van der Waals surface area contributed by atoms with Crippen LogP contribution in [0.15, 0.2) is 48.5 Å². The summed E-state index contributed by atoms with van der Waals surface area (Å²) in [4.78, 5) is 27.7. The van der Waals surface area contributed by atoms with Gasteiger partial charge < -0.3 is 24.8 Å². The lowest BCUT2D eigenvalue weighted by molar-refractivity contribution is -0.348. The normalized spacial score (nSPS) is 12.2. The SMILES string of the molecule is CCN(C(=O)c1ccc(O)cc1Cl)c1cccc(C(=O)Nc2c(Cl)cc(C(F)(C(F)(F)F)C(F)(F)F)cc2OC(F)F)c1OC. The number of halogens is 11. The predicted octanol–water partition coefficient (Wildman–Crippen LogP) is 8.52. The minimum absolute atomic E-state index is 0.0372. The van der Waals surface area contributed by atoms with Crippen molar-refractivity contribution < 1.29 is 63.7 Å². The summed E-state index contributed by atoms with van der Waals surface area (Å²) in [6, 6.07) is 6.77. The topological polar surface area (TPSA) is 88.1 Å². The molecule has 0 fully saturated rings. The smallest absolute Gasteiger partial charge is 0.435 e. The number of phenolic OH excluding ortho intramolecular Hbond substituents is 1. The Bertz CT molecular complexity index is 1590. The predicted molar refractivity (Wildman–Crippen MR) is 144 cm³/mol. The zero-order chi connectivity index (χ0) is 34.1. The van der Waals surface area contributed by atoms with Gasteiger partial charge in [0, 0.05) is 12.1 Å². The average molecular weight is 693 g/mol. The Morgan fingerprint density at radius 1 is 0.933 bits per heavy atom. The fourth-order valence-corrected chi connectivity index (χ4v) is 4.65. The summed E-state index contributed by atoms with van der Waals surface area (Å²) in [5.41, 5.74) is -9.86. The first-order chi connectivity index (χ1) is 20.8. The van der Waals surface area contributed by atoms with Crippen LogP contribution in [-0.4, -0.2) is 49.5 Å². The van der Waals surface area contributed by atoms with Crippen LogP contribution in [0, 0.1) is 0 Å². The van der Waals surface area contributed by atoms with Gasteiger partial charge >= 0.3 is 24.6 Å². The number of ether oxygens (including phenoxy) is 2. The number of rotatable bonds is 9. The summed E-state index contributed by atoms with van der Waals surface area (Å²) in [5, 5.41) is 10.2. The molecule has 2 N–H and O–H groups in total. The van der Waals surface area contributed by atoms with Gasteiger partial charge in [-0.1, -0.05) is 29.3 Å². The molecule has 0 atom stereocenters. The van der Waals surface area contributed by atoms with Gasteiger partial charge in [0.15, 0.2) is 11.5 Å². The second-order valence-electron chi connectivity index (χ2n) is 8.89. The van der Waals surface area contributed by atoms with Crippen LogP contribution in [0.25, 0.3) is 0 Å². The maximum Gasteiger partial charge on any atom is 0.435 e. The quantitative estimate of drug-likeness (QED) is 0.220. The van der Waals surface area contributed by atoms with E-state index in [4.69, 9.17) is 27.9 Å². The number of para-hydroxylation sites is 1. The second-order valence-corrected chi connectivity index (χ2v) is 9.70. The van der Waals surface area contributed by atoms with Crippen molar-refractivity contribution in [1.82, 2.24) is 0 Å². The highest BCUT2D eigenvalue weighted by atomic mass is 35.5. The van der Waals surface area contributed by atoms with E-state index in [2.05, 4.69) is 4.74 Å². The number of nitrogens with zero attached hydrogens (tertiary/aromatic N) is 1. The van der Waals surface area contributed by atoms with E-state index in [9.17, 15) is 54.2 Å². The number of hydrogen-bond donors (Lipinski definition) is 2. The summed E-state index contributed by atoms with van der Waals surface area (Å²) < 4.78 is 130. The van der Waals surface area contributed by atoms with E-state index < -0.39 is 64.0 Å².